The third kappa shape index (κ3) is 3.92. The van der Waals surface area contributed by atoms with Gasteiger partial charge in [0.05, 0.1) is 8.80 Å². The second kappa shape index (κ2) is 6.60. The van der Waals surface area contributed by atoms with Gasteiger partial charge >= 0.3 is 0 Å². The highest BCUT2D eigenvalue weighted by atomic mass is 28.3. The quantitative estimate of drug-likeness (QED) is 0.511. The molecule has 1 aromatic carbocycles. The SMILES string of the molecule is CCCCC=C[SiH](C)c1ccccc1. The van der Waals surface area contributed by atoms with Crippen LogP contribution in [-0.4, -0.2) is 8.80 Å². The first-order valence-electron chi connectivity index (χ1n) is 5.56. The second-order valence-electron chi connectivity index (χ2n) is 3.77. The highest BCUT2D eigenvalue weighted by Gasteiger charge is 2.00. The van der Waals surface area contributed by atoms with E-state index in [1.165, 1.54) is 19.3 Å². The van der Waals surface area contributed by atoms with Crippen LogP contribution >= 0.6 is 0 Å². The molecule has 0 N–H and O–H groups in total. The maximum absolute atomic E-state index is 2.45. The van der Waals surface area contributed by atoms with Crippen LogP contribution in [0.1, 0.15) is 26.2 Å². The predicted molar refractivity (Wildman–Crippen MR) is 67.8 cm³/mol. The highest BCUT2D eigenvalue weighted by molar-refractivity contribution is 6.76. The number of hydrogen-bond donors (Lipinski definition) is 0. The Morgan fingerprint density at radius 1 is 1.21 bits per heavy atom. The fourth-order valence-corrected chi connectivity index (χ4v) is 3.14. The van der Waals surface area contributed by atoms with E-state index in [4.69, 9.17) is 0 Å². The van der Waals surface area contributed by atoms with Gasteiger partial charge < -0.3 is 0 Å². The fraction of sp³-hybridized carbons (Fsp3) is 0.385. The third-order valence-corrected chi connectivity index (χ3v) is 4.76. The van der Waals surface area contributed by atoms with Gasteiger partial charge in [0.2, 0.25) is 0 Å². The summed E-state index contributed by atoms with van der Waals surface area (Å²) in [7, 11) is -0.784. The van der Waals surface area contributed by atoms with Crippen LogP contribution in [0.4, 0.5) is 0 Å². The van der Waals surface area contributed by atoms with Gasteiger partial charge in [0.1, 0.15) is 0 Å². The molecule has 0 spiro atoms. The molecule has 0 saturated heterocycles. The van der Waals surface area contributed by atoms with Gasteiger partial charge in [-0.3, -0.25) is 0 Å². The van der Waals surface area contributed by atoms with Gasteiger partial charge in [-0.15, -0.1) is 0 Å². The molecule has 1 atom stereocenters. The molecule has 0 radical (unpaired) electrons. The number of hydrogen-bond acceptors (Lipinski definition) is 0. The molecule has 1 unspecified atom stereocenters. The number of benzene rings is 1. The number of rotatable bonds is 5. The molecule has 0 saturated carbocycles. The zero-order valence-electron chi connectivity index (χ0n) is 9.24. The lowest BCUT2D eigenvalue weighted by atomic mass is 10.2. The molecule has 0 aromatic heterocycles. The van der Waals surface area contributed by atoms with Crippen molar-refractivity contribution in [2.24, 2.45) is 0 Å². The minimum atomic E-state index is -0.784. The van der Waals surface area contributed by atoms with E-state index < -0.39 is 8.80 Å². The Morgan fingerprint density at radius 2 is 1.93 bits per heavy atom. The molecular formula is C13H20Si. The molecule has 0 aliphatic heterocycles. The van der Waals surface area contributed by atoms with Crippen molar-refractivity contribution in [3.05, 3.63) is 42.1 Å². The Labute approximate surface area is 89.3 Å². The molecule has 0 amide bonds. The lowest BCUT2D eigenvalue weighted by molar-refractivity contribution is 0.815. The summed E-state index contributed by atoms with van der Waals surface area (Å²) >= 11 is 0. The number of unbranched alkanes of at least 4 members (excludes halogenated alkanes) is 2. The average Bonchev–Trinajstić information content (AvgIpc) is 2.25. The van der Waals surface area contributed by atoms with Crippen molar-refractivity contribution in [2.75, 3.05) is 0 Å². The molecular weight excluding hydrogens is 184 g/mol. The molecule has 0 heterocycles. The van der Waals surface area contributed by atoms with Crippen molar-refractivity contribution in [2.45, 2.75) is 32.7 Å². The highest BCUT2D eigenvalue weighted by Crippen LogP contribution is 1.97. The normalized spacial score (nSPS) is 13.3. The van der Waals surface area contributed by atoms with E-state index in [-0.39, 0.29) is 0 Å². The van der Waals surface area contributed by atoms with Crippen molar-refractivity contribution in [3.63, 3.8) is 0 Å². The van der Waals surface area contributed by atoms with E-state index in [0.29, 0.717) is 0 Å². The Morgan fingerprint density at radius 3 is 2.57 bits per heavy atom. The standard InChI is InChI=1S/C13H20Si/c1-3-4-5-9-12-14(2)13-10-7-6-8-11-13/h6-12,14H,3-5H2,1-2H3. The van der Waals surface area contributed by atoms with Gasteiger partial charge in [-0.1, -0.05) is 73.6 Å². The second-order valence-corrected chi connectivity index (χ2v) is 6.40. The molecule has 0 bridgehead atoms. The van der Waals surface area contributed by atoms with E-state index >= 15 is 0 Å². The van der Waals surface area contributed by atoms with Crippen molar-refractivity contribution < 1.29 is 0 Å². The zero-order valence-corrected chi connectivity index (χ0v) is 10.4. The van der Waals surface area contributed by atoms with Crippen LogP contribution in [0.3, 0.4) is 0 Å². The molecule has 0 fully saturated rings. The Balaban J connectivity index is 2.42. The Hall–Kier alpha value is -0.823. The van der Waals surface area contributed by atoms with E-state index in [0.717, 1.165) is 0 Å². The van der Waals surface area contributed by atoms with Gasteiger partial charge in [0.15, 0.2) is 0 Å². The number of allylic oxidation sites excluding steroid dienone is 1. The van der Waals surface area contributed by atoms with Crippen LogP contribution in [0, 0.1) is 0 Å². The fourth-order valence-electron chi connectivity index (χ4n) is 1.49. The molecule has 1 heteroatoms. The van der Waals surface area contributed by atoms with Crippen LogP contribution in [-0.2, 0) is 0 Å². The molecule has 0 nitrogen and oxygen atoms in total. The van der Waals surface area contributed by atoms with Crippen molar-refractivity contribution >= 4 is 14.0 Å². The monoisotopic (exact) mass is 204 g/mol. The lowest BCUT2D eigenvalue weighted by Crippen LogP contribution is -2.23. The lowest BCUT2D eigenvalue weighted by Gasteiger charge is -2.03. The summed E-state index contributed by atoms with van der Waals surface area (Å²) in [6.07, 6.45) is 6.24. The van der Waals surface area contributed by atoms with Crippen molar-refractivity contribution in [1.82, 2.24) is 0 Å². The smallest absolute Gasteiger partial charge is 0.0906 e. The van der Waals surface area contributed by atoms with Crippen molar-refractivity contribution in [1.29, 1.82) is 0 Å². The third-order valence-electron chi connectivity index (χ3n) is 2.47. The predicted octanol–water partition coefficient (Wildman–Crippen LogP) is 3.04. The molecule has 76 valence electrons. The topological polar surface area (TPSA) is 0 Å². The first-order valence-corrected chi connectivity index (χ1v) is 7.96. The van der Waals surface area contributed by atoms with E-state index in [2.05, 4.69) is 55.6 Å². The molecule has 1 aromatic rings. The molecule has 0 aliphatic carbocycles. The Kier molecular flexibility index (Phi) is 5.31. The summed E-state index contributed by atoms with van der Waals surface area (Å²) in [6, 6.07) is 10.9. The largest absolute Gasteiger partial charge is 0.0970 e. The van der Waals surface area contributed by atoms with E-state index in [1.807, 2.05) is 0 Å². The van der Waals surface area contributed by atoms with Crippen molar-refractivity contribution in [3.8, 4) is 0 Å². The Bertz CT molecular complexity index is 264. The van der Waals surface area contributed by atoms with Gasteiger partial charge in [-0.05, 0) is 6.42 Å². The summed E-state index contributed by atoms with van der Waals surface area (Å²) in [6.45, 7) is 4.63. The maximum atomic E-state index is 2.45. The summed E-state index contributed by atoms with van der Waals surface area (Å²) in [5.41, 5.74) is 2.45. The van der Waals surface area contributed by atoms with E-state index in [1.54, 1.807) is 5.19 Å². The minimum absolute atomic E-state index is 0.784. The van der Waals surface area contributed by atoms with Gasteiger partial charge in [0, 0.05) is 0 Å². The molecule has 14 heavy (non-hydrogen) atoms. The van der Waals surface area contributed by atoms with Crippen LogP contribution in [0.15, 0.2) is 42.1 Å². The van der Waals surface area contributed by atoms with E-state index in [9.17, 15) is 0 Å². The molecule has 0 aliphatic rings. The summed E-state index contributed by atoms with van der Waals surface area (Å²) < 4.78 is 0. The maximum Gasteiger partial charge on any atom is 0.0906 e. The first-order chi connectivity index (χ1) is 6.84. The molecule has 1 rings (SSSR count). The minimum Gasteiger partial charge on any atom is -0.0970 e. The van der Waals surface area contributed by atoms with Crippen LogP contribution < -0.4 is 5.19 Å². The first kappa shape index (κ1) is 11.3. The summed E-state index contributed by atoms with van der Waals surface area (Å²) in [4.78, 5) is 0. The van der Waals surface area contributed by atoms with Gasteiger partial charge in [0.25, 0.3) is 0 Å². The van der Waals surface area contributed by atoms with Crippen LogP contribution in [0.2, 0.25) is 6.55 Å². The van der Waals surface area contributed by atoms with Crippen LogP contribution in [0.25, 0.3) is 0 Å². The zero-order chi connectivity index (χ0) is 10.2. The summed E-state index contributed by atoms with van der Waals surface area (Å²) in [5, 5.41) is 1.54. The average molecular weight is 204 g/mol. The van der Waals surface area contributed by atoms with Gasteiger partial charge in [-0.2, -0.15) is 0 Å². The van der Waals surface area contributed by atoms with Gasteiger partial charge in [-0.25, -0.2) is 0 Å². The summed E-state index contributed by atoms with van der Waals surface area (Å²) in [5.74, 6) is 0. The van der Waals surface area contributed by atoms with Crippen LogP contribution in [0.5, 0.6) is 0 Å².